The monoisotopic (exact) mass is 372 g/mol. The lowest BCUT2D eigenvalue weighted by molar-refractivity contribution is 0.171. The van der Waals surface area contributed by atoms with E-state index in [-0.39, 0.29) is 5.02 Å². The molecule has 0 unspecified atom stereocenters. The molecule has 0 amide bonds. The molecule has 26 heavy (non-hydrogen) atoms. The van der Waals surface area contributed by atoms with E-state index in [1.807, 2.05) is 18.2 Å². The van der Waals surface area contributed by atoms with Crippen LogP contribution in [0.1, 0.15) is 0 Å². The first-order valence-corrected chi connectivity index (χ1v) is 8.27. The summed E-state index contributed by atoms with van der Waals surface area (Å²) in [5.41, 5.74) is 1.40. The predicted molar refractivity (Wildman–Crippen MR) is 97.4 cm³/mol. The molecule has 0 radical (unpaired) electrons. The molecule has 0 spiro atoms. The van der Waals surface area contributed by atoms with E-state index in [0.717, 1.165) is 5.69 Å². The second kappa shape index (κ2) is 7.05. The van der Waals surface area contributed by atoms with Gasteiger partial charge < -0.3 is 20.1 Å². The predicted octanol–water partition coefficient (Wildman–Crippen LogP) is 4.53. The topological polar surface area (TPSA) is 68.3 Å². The van der Waals surface area contributed by atoms with Crippen LogP contribution >= 0.6 is 11.6 Å². The largest absolute Gasteiger partial charge is 0.486 e. The third kappa shape index (κ3) is 3.62. The van der Waals surface area contributed by atoms with Crippen molar-refractivity contribution in [2.75, 3.05) is 23.8 Å². The fourth-order valence-electron chi connectivity index (χ4n) is 2.46. The van der Waals surface area contributed by atoms with Crippen molar-refractivity contribution >= 4 is 34.7 Å². The van der Waals surface area contributed by atoms with Crippen LogP contribution < -0.4 is 20.1 Å². The Kier molecular flexibility index (Phi) is 4.45. The van der Waals surface area contributed by atoms with Gasteiger partial charge in [0.05, 0.1) is 5.02 Å². The van der Waals surface area contributed by atoms with Crippen LogP contribution in [0, 0.1) is 5.82 Å². The third-order valence-electron chi connectivity index (χ3n) is 3.65. The standard InChI is InChI=1S/C18H14ClFN4O2/c19-13-9-11(1-3-14(13)20)22-17-5-6-21-18(24-17)23-12-2-4-15-16(10-12)26-8-7-25-15/h1-6,9-10H,7-8H2,(H2,21,22,23,24). The molecule has 0 bridgehead atoms. The quantitative estimate of drug-likeness (QED) is 0.701. The number of rotatable bonds is 4. The fraction of sp³-hybridized carbons (Fsp3) is 0.111. The van der Waals surface area contributed by atoms with Crippen LogP contribution in [0.25, 0.3) is 0 Å². The minimum Gasteiger partial charge on any atom is -0.486 e. The first-order chi connectivity index (χ1) is 12.7. The maximum Gasteiger partial charge on any atom is 0.229 e. The van der Waals surface area contributed by atoms with Crippen molar-refractivity contribution in [1.82, 2.24) is 9.97 Å². The van der Waals surface area contributed by atoms with Gasteiger partial charge >= 0.3 is 0 Å². The van der Waals surface area contributed by atoms with Gasteiger partial charge in [-0.25, -0.2) is 9.37 Å². The average molecular weight is 373 g/mol. The summed E-state index contributed by atoms with van der Waals surface area (Å²) >= 11 is 5.79. The van der Waals surface area contributed by atoms with E-state index in [1.165, 1.54) is 12.1 Å². The van der Waals surface area contributed by atoms with Crippen molar-refractivity contribution in [3.63, 3.8) is 0 Å². The Morgan fingerprint density at radius 1 is 0.923 bits per heavy atom. The van der Waals surface area contributed by atoms with Gasteiger partial charge in [0.25, 0.3) is 0 Å². The van der Waals surface area contributed by atoms with Crippen LogP contribution in [0.4, 0.5) is 27.5 Å². The molecule has 0 saturated heterocycles. The lowest BCUT2D eigenvalue weighted by Gasteiger charge is -2.19. The molecule has 8 heteroatoms. The van der Waals surface area contributed by atoms with Crippen LogP contribution in [0.3, 0.4) is 0 Å². The molecule has 1 aromatic heterocycles. The van der Waals surface area contributed by atoms with E-state index in [2.05, 4.69) is 20.6 Å². The molecule has 3 aromatic rings. The summed E-state index contributed by atoms with van der Waals surface area (Å²) in [4.78, 5) is 8.58. The maximum absolute atomic E-state index is 13.2. The third-order valence-corrected chi connectivity index (χ3v) is 3.94. The zero-order chi connectivity index (χ0) is 17.9. The van der Waals surface area contributed by atoms with Gasteiger partial charge in [-0.1, -0.05) is 11.6 Å². The zero-order valence-electron chi connectivity index (χ0n) is 13.5. The van der Waals surface area contributed by atoms with Crippen LogP contribution in [0.15, 0.2) is 48.7 Å². The van der Waals surface area contributed by atoms with E-state index < -0.39 is 5.82 Å². The Morgan fingerprint density at radius 2 is 1.69 bits per heavy atom. The number of fused-ring (bicyclic) bond motifs is 1. The average Bonchev–Trinajstić information content (AvgIpc) is 2.65. The number of ether oxygens (including phenoxy) is 2. The van der Waals surface area contributed by atoms with Gasteiger partial charge in [0.1, 0.15) is 24.8 Å². The highest BCUT2D eigenvalue weighted by molar-refractivity contribution is 6.31. The zero-order valence-corrected chi connectivity index (χ0v) is 14.3. The minimum atomic E-state index is -0.471. The highest BCUT2D eigenvalue weighted by atomic mass is 35.5. The number of halogens is 2. The lowest BCUT2D eigenvalue weighted by Crippen LogP contribution is -2.15. The molecule has 0 atom stereocenters. The van der Waals surface area contributed by atoms with Crippen molar-refractivity contribution in [3.8, 4) is 11.5 Å². The van der Waals surface area contributed by atoms with Crippen LogP contribution in [0.2, 0.25) is 5.02 Å². The summed E-state index contributed by atoms with van der Waals surface area (Å²) in [6.45, 7) is 1.07. The SMILES string of the molecule is Fc1ccc(Nc2ccnc(Nc3ccc4c(c3)OCCO4)n2)cc1Cl. The smallest absolute Gasteiger partial charge is 0.229 e. The summed E-state index contributed by atoms with van der Waals surface area (Å²) in [7, 11) is 0. The first-order valence-electron chi connectivity index (χ1n) is 7.89. The molecule has 1 aliphatic heterocycles. The number of aromatic nitrogens is 2. The molecule has 1 aliphatic rings. The van der Waals surface area contributed by atoms with E-state index in [1.54, 1.807) is 18.3 Å². The van der Waals surface area contributed by atoms with Crippen molar-refractivity contribution in [2.24, 2.45) is 0 Å². The van der Waals surface area contributed by atoms with E-state index in [4.69, 9.17) is 21.1 Å². The molecule has 0 fully saturated rings. The molecule has 132 valence electrons. The normalized spacial score (nSPS) is 12.5. The van der Waals surface area contributed by atoms with Gasteiger partial charge in [0.15, 0.2) is 11.5 Å². The molecule has 4 rings (SSSR count). The van der Waals surface area contributed by atoms with Gasteiger partial charge in [0.2, 0.25) is 5.95 Å². The summed E-state index contributed by atoms with van der Waals surface area (Å²) in [5, 5.41) is 6.22. The van der Waals surface area contributed by atoms with Gasteiger partial charge in [-0.05, 0) is 36.4 Å². The Balaban J connectivity index is 1.51. The van der Waals surface area contributed by atoms with Gasteiger partial charge in [0, 0.05) is 23.6 Å². The molecule has 6 nitrogen and oxygen atoms in total. The highest BCUT2D eigenvalue weighted by Crippen LogP contribution is 2.33. The number of nitrogens with one attached hydrogen (secondary N) is 2. The van der Waals surface area contributed by atoms with Crippen LogP contribution in [-0.4, -0.2) is 23.2 Å². The molecule has 0 saturated carbocycles. The Hall–Kier alpha value is -3.06. The highest BCUT2D eigenvalue weighted by Gasteiger charge is 2.12. The Labute approximate surface area is 154 Å². The number of anilines is 4. The minimum absolute atomic E-state index is 0.0404. The van der Waals surface area contributed by atoms with Crippen molar-refractivity contribution in [1.29, 1.82) is 0 Å². The van der Waals surface area contributed by atoms with Gasteiger partial charge in [-0.15, -0.1) is 0 Å². The summed E-state index contributed by atoms with van der Waals surface area (Å²) in [5.74, 6) is 1.87. The van der Waals surface area contributed by atoms with Gasteiger partial charge in [-0.2, -0.15) is 4.98 Å². The fourth-order valence-corrected chi connectivity index (χ4v) is 2.64. The second-order valence-corrected chi connectivity index (χ2v) is 5.91. The Bertz CT molecular complexity index is 954. The molecular weight excluding hydrogens is 359 g/mol. The van der Waals surface area contributed by atoms with E-state index in [9.17, 15) is 4.39 Å². The van der Waals surface area contributed by atoms with Crippen molar-refractivity contribution in [3.05, 3.63) is 59.5 Å². The number of benzene rings is 2. The molecular formula is C18H14ClFN4O2. The lowest BCUT2D eigenvalue weighted by atomic mass is 10.2. The molecule has 2 heterocycles. The maximum atomic E-state index is 13.2. The number of nitrogens with zero attached hydrogens (tertiary/aromatic N) is 2. The van der Waals surface area contributed by atoms with E-state index in [0.29, 0.717) is 42.2 Å². The second-order valence-electron chi connectivity index (χ2n) is 5.50. The van der Waals surface area contributed by atoms with E-state index >= 15 is 0 Å². The van der Waals surface area contributed by atoms with Crippen molar-refractivity contribution in [2.45, 2.75) is 0 Å². The molecule has 0 aliphatic carbocycles. The van der Waals surface area contributed by atoms with Gasteiger partial charge in [-0.3, -0.25) is 0 Å². The number of hydrogen-bond donors (Lipinski definition) is 2. The Morgan fingerprint density at radius 3 is 2.54 bits per heavy atom. The summed E-state index contributed by atoms with van der Waals surface area (Å²) in [6, 6.07) is 11.6. The van der Waals surface area contributed by atoms with Crippen molar-refractivity contribution < 1.29 is 13.9 Å². The molecule has 2 N–H and O–H groups in total. The van der Waals surface area contributed by atoms with Crippen LogP contribution in [-0.2, 0) is 0 Å². The first kappa shape index (κ1) is 16.4. The molecule has 2 aromatic carbocycles. The summed E-state index contributed by atoms with van der Waals surface area (Å²) < 4.78 is 24.3. The number of hydrogen-bond acceptors (Lipinski definition) is 6. The summed E-state index contributed by atoms with van der Waals surface area (Å²) in [6.07, 6.45) is 1.61. The van der Waals surface area contributed by atoms with Crippen LogP contribution in [0.5, 0.6) is 11.5 Å².